The molecule has 2 heteroatoms. The topological polar surface area (TPSA) is 12.9 Å². The van der Waals surface area contributed by atoms with Gasteiger partial charge in [-0.15, -0.1) is 11.3 Å². The Hall–Kier alpha value is -0.370. The van der Waals surface area contributed by atoms with E-state index in [1.807, 2.05) is 11.3 Å². The van der Waals surface area contributed by atoms with Gasteiger partial charge in [0.1, 0.15) is 0 Å². The third-order valence-corrected chi connectivity index (χ3v) is 4.88. The highest BCUT2D eigenvalue weighted by molar-refractivity contribution is 7.11. The molecule has 1 heterocycles. The van der Waals surface area contributed by atoms with Gasteiger partial charge in [-0.1, -0.05) is 6.92 Å². The molecule has 76 valence electrons. The summed E-state index contributed by atoms with van der Waals surface area (Å²) in [5.41, 5.74) is 2.80. The first kappa shape index (κ1) is 8.90. The molecular formula is C12H17NS. The van der Waals surface area contributed by atoms with E-state index in [2.05, 4.69) is 25.8 Å². The van der Waals surface area contributed by atoms with Crippen LogP contribution >= 0.6 is 11.3 Å². The molecule has 0 radical (unpaired) electrons. The van der Waals surface area contributed by atoms with E-state index in [1.165, 1.54) is 41.3 Å². The molecule has 0 spiro atoms. The molecule has 3 aliphatic carbocycles. The molecular weight excluding hydrogens is 190 g/mol. The molecule has 0 saturated heterocycles. The van der Waals surface area contributed by atoms with Gasteiger partial charge in [0.25, 0.3) is 0 Å². The molecule has 3 fully saturated rings. The van der Waals surface area contributed by atoms with Crippen LogP contribution in [0.2, 0.25) is 0 Å². The molecule has 0 N–H and O–H groups in total. The summed E-state index contributed by atoms with van der Waals surface area (Å²) in [6.07, 6.45) is 5.61. The lowest BCUT2D eigenvalue weighted by Crippen LogP contribution is -2.60. The third-order valence-electron chi connectivity index (χ3n) is 3.95. The molecule has 0 unspecified atom stereocenters. The molecule has 0 atom stereocenters. The maximum atomic E-state index is 4.64. The predicted molar refractivity (Wildman–Crippen MR) is 59.7 cm³/mol. The summed E-state index contributed by atoms with van der Waals surface area (Å²) in [6.45, 7) is 6.76. The SMILES string of the molecule is Cc1nc(CC23CC(C)(C2)C3)c(C)s1. The largest absolute Gasteiger partial charge is 0.246 e. The minimum absolute atomic E-state index is 0.681. The second-order valence-corrected chi connectivity index (χ2v) is 7.16. The van der Waals surface area contributed by atoms with Crippen LogP contribution in [0.5, 0.6) is 0 Å². The molecule has 0 aromatic carbocycles. The number of hydrogen-bond acceptors (Lipinski definition) is 2. The van der Waals surface area contributed by atoms with Gasteiger partial charge < -0.3 is 0 Å². The van der Waals surface area contributed by atoms with E-state index in [-0.39, 0.29) is 0 Å². The molecule has 1 nitrogen and oxygen atoms in total. The summed E-state index contributed by atoms with van der Waals surface area (Å²) >= 11 is 1.85. The fourth-order valence-electron chi connectivity index (χ4n) is 3.84. The van der Waals surface area contributed by atoms with E-state index in [9.17, 15) is 0 Å². The van der Waals surface area contributed by atoms with Crippen molar-refractivity contribution < 1.29 is 0 Å². The van der Waals surface area contributed by atoms with Crippen molar-refractivity contribution in [2.45, 2.75) is 46.5 Å². The van der Waals surface area contributed by atoms with Crippen molar-refractivity contribution in [1.29, 1.82) is 0 Å². The van der Waals surface area contributed by atoms with E-state index >= 15 is 0 Å². The Kier molecular flexibility index (Phi) is 1.53. The smallest absolute Gasteiger partial charge is 0.0900 e. The number of rotatable bonds is 2. The van der Waals surface area contributed by atoms with Crippen LogP contribution in [0.4, 0.5) is 0 Å². The fourth-order valence-corrected chi connectivity index (χ4v) is 4.67. The Morgan fingerprint density at radius 1 is 1.29 bits per heavy atom. The Labute approximate surface area is 89.6 Å². The molecule has 4 rings (SSSR count). The Balaban J connectivity index is 1.77. The number of hydrogen-bond donors (Lipinski definition) is 0. The first-order valence-electron chi connectivity index (χ1n) is 5.43. The van der Waals surface area contributed by atoms with Crippen molar-refractivity contribution in [3.05, 3.63) is 15.6 Å². The van der Waals surface area contributed by atoms with E-state index in [0.29, 0.717) is 5.41 Å². The molecule has 2 bridgehead atoms. The molecule has 1 aromatic rings. The van der Waals surface area contributed by atoms with Gasteiger partial charge in [-0.25, -0.2) is 4.98 Å². The van der Waals surface area contributed by atoms with Crippen molar-refractivity contribution in [2.24, 2.45) is 10.8 Å². The minimum Gasteiger partial charge on any atom is -0.246 e. The highest BCUT2D eigenvalue weighted by Gasteiger charge is 2.64. The zero-order valence-electron chi connectivity index (χ0n) is 9.18. The van der Waals surface area contributed by atoms with E-state index in [1.54, 1.807) is 0 Å². The average molecular weight is 207 g/mol. The Bertz CT molecular complexity index is 371. The highest BCUT2D eigenvalue weighted by Crippen LogP contribution is 2.74. The summed E-state index contributed by atoms with van der Waals surface area (Å²) in [5.74, 6) is 0. The highest BCUT2D eigenvalue weighted by atomic mass is 32.1. The number of nitrogens with zero attached hydrogens (tertiary/aromatic N) is 1. The lowest BCUT2D eigenvalue weighted by atomic mass is 9.35. The quantitative estimate of drug-likeness (QED) is 0.723. The normalized spacial score (nSPS) is 39.1. The van der Waals surface area contributed by atoms with E-state index in [0.717, 1.165) is 5.41 Å². The van der Waals surface area contributed by atoms with Gasteiger partial charge in [-0.3, -0.25) is 0 Å². The van der Waals surface area contributed by atoms with Crippen LogP contribution in [0.25, 0.3) is 0 Å². The van der Waals surface area contributed by atoms with Crippen molar-refractivity contribution in [3.63, 3.8) is 0 Å². The summed E-state index contributed by atoms with van der Waals surface area (Å²) < 4.78 is 0. The summed E-state index contributed by atoms with van der Waals surface area (Å²) in [6, 6.07) is 0. The Morgan fingerprint density at radius 3 is 2.36 bits per heavy atom. The van der Waals surface area contributed by atoms with Gasteiger partial charge in [0.2, 0.25) is 0 Å². The van der Waals surface area contributed by atoms with Crippen LogP contribution < -0.4 is 0 Å². The van der Waals surface area contributed by atoms with E-state index < -0.39 is 0 Å². The second kappa shape index (κ2) is 2.41. The number of aromatic nitrogens is 1. The maximum absolute atomic E-state index is 4.64. The molecule has 3 saturated carbocycles. The second-order valence-electron chi connectivity index (χ2n) is 5.75. The lowest BCUT2D eigenvalue weighted by molar-refractivity contribution is -0.189. The molecule has 0 amide bonds. The third kappa shape index (κ3) is 1.10. The standard InChI is InChI=1S/C12H17NS/c1-8-10(13-9(2)14-8)4-12-5-11(3,6-12)7-12/h4-7H2,1-3H3. The van der Waals surface area contributed by atoms with Crippen LogP contribution in [-0.4, -0.2) is 4.98 Å². The first-order chi connectivity index (χ1) is 6.50. The first-order valence-corrected chi connectivity index (χ1v) is 6.25. The predicted octanol–water partition coefficient (Wildman–Crippen LogP) is 3.49. The minimum atomic E-state index is 0.681. The van der Waals surface area contributed by atoms with E-state index in [4.69, 9.17) is 0 Å². The lowest BCUT2D eigenvalue weighted by Gasteiger charge is -2.70. The average Bonchev–Trinajstić information content (AvgIpc) is 2.25. The number of thiazole rings is 1. The zero-order chi connectivity index (χ0) is 9.97. The summed E-state index contributed by atoms with van der Waals surface area (Å²) in [5, 5.41) is 1.23. The Morgan fingerprint density at radius 2 is 1.93 bits per heavy atom. The number of aryl methyl sites for hydroxylation is 2. The van der Waals surface area contributed by atoms with Crippen LogP contribution in [0, 0.1) is 24.7 Å². The van der Waals surface area contributed by atoms with Gasteiger partial charge >= 0.3 is 0 Å². The van der Waals surface area contributed by atoms with Gasteiger partial charge in [0, 0.05) is 4.88 Å². The van der Waals surface area contributed by atoms with Crippen LogP contribution in [-0.2, 0) is 6.42 Å². The molecule has 0 aliphatic heterocycles. The zero-order valence-corrected chi connectivity index (χ0v) is 10.0. The van der Waals surface area contributed by atoms with Crippen LogP contribution in [0.15, 0.2) is 0 Å². The summed E-state index contributed by atoms with van der Waals surface area (Å²) in [4.78, 5) is 6.09. The monoisotopic (exact) mass is 207 g/mol. The fraction of sp³-hybridized carbons (Fsp3) is 0.750. The van der Waals surface area contributed by atoms with Crippen molar-refractivity contribution in [1.82, 2.24) is 4.98 Å². The van der Waals surface area contributed by atoms with Gasteiger partial charge in [0.15, 0.2) is 0 Å². The summed E-state index contributed by atoms with van der Waals surface area (Å²) in [7, 11) is 0. The van der Waals surface area contributed by atoms with Gasteiger partial charge in [0.05, 0.1) is 10.7 Å². The molecule has 3 aliphatic rings. The maximum Gasteiger partial charge on any atom is 0.0900 e. The van der Waals surface area contributed by atoms with Crippen LogP contribution in [0.3, 0.4) is 0 Å². The molecule has 1 aromatic heterocycles. The van der Waals surface area contributed by atoms with Crippen LogP contribution in [0.1, 0.15) is 41.8 Å². The van der Waals surface area contributed by atoms with Crippen molar-refractivity contribution in [3.8, 4) is 0 Å². The van der Waals surface area contributed by atoms with Gasteiger partial charge in [-0.2, -0.15) is 0 Å². The van der Waals surface area contributed by atoms with Gasteiger partial charge in [-0.05, 0) is 50.4 Å². The van der Waals surface area contributed by atoms with Crippen molar-refractivity contribution >= 4 is 11.3 Å². The van der Waals surface area contributed by atoms with Crippen molar-refractivity contribution in [2.75, 3.05) is 0 Å². The molecule has 14 heavy (non-hydrogen) atoms.